The summed E-state index contributed by atoms with van der Waals surface area (Å²) < 4.78 is 0. The second-order valence-corrected chi connectivity index (χ2v) is 7.46. The predicted octanol–water partition coefficient (Wildman–Crippen LogP) is 2.24. The average Bonchev–Trinajstić information content (AvgIpc) is 3.33. The van der Waals surface area contributed by atoms with Crippen molar-refractivity contribution in [3.63, 3.8) is 0 Å². The molecular formula is C19H27N3O2. The number of nitrogens with zero attached hydrogens (tertiary/aromatic N) is 1. The topological polar surface area (TPSA) is 75.4 Å². The molecule has 1 aliphatic heterocycles. The number of likely N-dealkylation sites (tertiary alicyclic amines) is 1. The first-order valence-corrected chi connectivity index (χ1v) is 8.82. The molecule has 1 aromatic carbocycles. The molecule has 1 aromatic rings. The van der Waals surface area contributed by atoms with Gasteiger partial charge in [0.25, 0.3) is 0 Å². The Kier molecular flexibility index (Phi) is 4.52. The maximum Gasteiger partial charge on any atom is 0.312 e. The van der Waals surface area contributed by atoms with Crippen LogP contribution in [0, 0.1) is 19.8 Å². The van der Waals surface area contributed by atoms with Crippen LogP contribution in [0.4, 0.5) is 4.79 Å². The lowest BCUT2D eigenvalue weighted by atomic mass is 9.89. The molecule has 3 N–H and O–H groups in total. The standard InChI is InChI=1S/C19H27N3O2/c1-13-8-14(2)10-16(9-13)19(5-6-19)17(23)22-7-3-4-15(12-22)11-21-18(20)24/h8-10,15H,3-7,11-12H2,1-2H3,(H3,20,21,24)/t15-/m1/s1. The number of piperidine rings is 1. The normalized spacial score (nSPS) is 22.1. The minimum Gasteiger partial charge on any atom is -0.352 e. The van der Waals surface area contributed by atoms with Gasteiger partial charge in [-0.3, -0.25) is 4.79 Å². The molecule has 1 heterocycles. The molecule has 0 spiro atoms. The Balaban J connectivity index is 1.72. The lowest BCUT2D eigenvalue weighted by molar-refractivity contribution is -0.135. The molecule has 5 heteroatoms. The van der Waals surface area contributed by atoms with Gasteiger partial charge in [0.15, 0.2) is 0 Å². The Bertz CT molecular complexity index is 632. The first-order valence-electron chi connectivity index (χ1n) is 8.82. The monoisotopic (exact) mass is 329 g/mol. The van der Waals surface area contributed by atoms with Crippen molar-refractivity contribution in [3.8, 4) is 0 Å². The minimum absolute atomic E-state index is 0.260. The van der Waals surface area contributed by atoms with E-state index in [9.17, 15) is 9.59 Å². The summed E-state index contributed by atoms with van der Waals surface area (Å²) in [5, 5.41) is 2.68. The van der Waals surface area contributed by atoms with E-state index in [1.807, 2.05) is 4.90 Å². The number of urea groups is 1. The molecule has 3 rings (SSSR count). The molecule has 0 bridgehead atoms. The van der Waals surface area contributed by atoms with Gasteiger partial charge < -0.3 is 16.0 Å². The van der Waals surface area contributed by atoms with Crippen molar-refractivity contribution in [1.29, 1.82) is 0 Å². The Morgan fingerprint density at radius 2 is 1.92 bits per heavy atom. The molecule has 3 amide bonds. The van der Waals surface area contributed by atoms with Gasteiger partial charge in [-0.05, 0) is 51.0 Å². The molecule has 24 heavy (non-hydrogen) atoms. The highest BCUT2D eigenvalue weighted by Crippen LogP contribution is 2.50. The molecule has 1 saturated carbocycles. The van der Waals surface area contributed by atoms with Gasteiger partial charge in [0.05, 0.1) is 5.41 Å². The summed E-state index contributed by atoms with van der Waals surface area (Å²) in [4.78, 5) is 26.1. The smallest absolute Gasteiger partial charge is 0.312 e. The summed E-state index contributed by atoms with van der Waals surface area (Å²) in [6.07, 6.45) is 3.89. The van der Waals surface area contributed by atoms with Gasteiger partial charge in [0.2, 0.25) is 5.91 Å². The van der Waals surface area contributed by atoms with E-state index in [0.717, 1.165) is 32.2 Å². The fourth-order valence-corrected chi connectivity index (χ4v) is 3.97. The molecule has 130 valence electrons. The first kappa shape index (κ1) is 16.8. The van der Waals surface area contributed by atoms with Crippen LogP contribution in [-0.2, 0) is 10.2 Å². The second-order valence-electron chi connectivity index (χ2n) is 7.46. The van der Waals surface area contributed by atoms with Crippen molar-refractivity contribution >= 4 is 11.9 Å². The van der Waals surface area contributed by atoms with Crippen LogP contribution in [0.3, 0.4) is 0 Å². The minimum atomic E-state index is -0.493. The molecule has 1 saturated heterocycles. The summed E-state index contributed by atoms with van der Waals surface area (Å²) in [6.45, 7) is 6.26. The van der Waals surface area contributed by atoms with Crippen molar-refractivity contribution in [2.24, 2.45) is 11.7 Å². The van der Waals surface area contributed by atoms with Crippen molar-refractivity contribution in [2.75, 3.05) is 19.6 Å². The third-order valence-corrected chi connectivity index (χ3v) is 5.30. The van der Waals surface area contributed by atoms with E-state index in [4.69, 9.17) is 5.73 Å². The quantitative estimate of drug-likeness (QED) is 0.889. The van der Waals surface area contributed by atoms with E-state index in [0.29, 0.717) is 19.0 Å². The Morgan fingerprint density at radius 3 is 2.50 bits per heavy atom. The van der Waals surface area contributed by atoms with E-state index in [2.05, 4.69) is 37.4 Å². The van der Waals surface area contributed by atoms with Crippen LogP contribution < -0.4 is 11.1 Å². The third kappa shape index (κ3) is 3.40. The number of rotatable bonds is 4. The molecule has 2 aliphatic rings. The van der Waals surface area contributed by atoms with Gasteiger partial charge in [-0.2, -0.15) is 0 Å². The van der Waals surface area contributed by atoms with Crippen LogP contribution in [0.2, 0.25) is 0 Å². The number of aryl methyl sites for hydroxylation is 2. The molecular weight excluding hydrogens is 302 g/mol. The number of nitrogens with one attached hydrogen (secondary N) is 1. The lowest BCUT2D eigenvalue weighted by Crippen LogP contribution is -2.47. The average molecular weight is 329 g/mol. The molecule has 0 radical (unpaired) electrons. The highest BCUT2D eigenvalue weighted by molar-refractivity contribution is 5.91. The number of carbonyl (C=O) groups excluding carboxylic acids is 2. The molecule has 5 nitrogen and oxygen atoms in total. The Morgan fingerprint density at radius 1 is 1.25 bits per heavy atom. The zero-order chi connectivity index (χ0) is 17.3. The number of primary amides is 1. The van der Waals surface area contributed by atoms with E-state index in [1.54, 1.807) is 0 Å². The molecule has 1 aliphatic carbocycles. The van der Waals surface area contributed by atoms with E-state index in [-0.39, 0.29) is 11.3 Å². The van der Waals surface area contributed by atoms with Gasteiger partial charge >= 0.3 is 6.03 Å². The maximum atomic E-state index is 13.2. The van der Waals surface area contributed by atoms with Crippen LogP contribution in [0.1, 0.15) is 42.4 Å². The molecule has 2 fully saturated rings. The van der Waals surface area contributed by atoms with Gasteiger partial charge in [-0.1, -0.05) is 29.3 Å². The van der Waals surface area contributed by atoms with Gasteiger partial charge in [0, 0.05) is 19.6 Å². The SMILES string of the molecule is Cc1cc(C)cc(C2(C(=O)N3CCC[C@H](CNC(N)=O)C3)CC2)c1. The number of amides is 3. The fourth-order valence-electron chi connectivity index (χ4n) is 3.97. The Labute approximate surface area is 143 Å². The van der Waals surface area contributed by atoms with Crippen molar-refractivity contribution in [3.05, 3.63) is 34.9 Å². The van der Waals surface area contributed by atoms with Crippen LogP contribution in [-0.4, -0.2) is 36.5 Å². The zero-order valence-electron chi connectivity index (χ0n) is 14.6. The van der Waals surface area contributed by atoms with Crippen molar-refractivity contribution < 1.29 is 9.59 Å². The number of hydrogen-bond donors (Lipinski definition) is 2. The van der Waals surface area contributed by atoms with E-state index < -0.39 is 6.03 Å². The van der Waals surface area contributed by atoms with E-state index >= 15 is 0 Å². The van der Waals surface area contributed by atoms with Crippen LogP contribution in [0.5, 0.6) is 0 Å². The maximum absolute atomic E-state index is 13.2. The van der Waals surface area contributed by atoms with Gasteiger partial charge in [0.1, 0.15) is 0 Å². The van der Waals surface area contributed by atoms with Gasteiger partial charge in [-0.25, -0.2) is 4.79 Å². The number of benzene rings is 1. The second kappa shape index (κ2) is 6.46. The largest absolute Gasteiger partial charge is 0.352 e. The highest BCUT2D eigenvalue weighted by atomic mass is 16.2. The van der Waals surface area contributed by atoms with Gasteiger partial charge in [-0.15, -0.1) is 0 Å². The predicted molar refractivity (Wildman–Crippen MR) is 93.7 cm³/mol. The summed E-state index contributed by atoms with van der Waals surface area (Å²) in [5.41, 5.74) is 8.44. The molecule has 0 unspecified atom stereocenters. The highest BCUT2D eigenvalue weighted by Gasteiger charge is 2.53. The van der Waals surface area contributed by atoms with Crippen molar-refractivity contribution in [2.45, 2.75) is 44.9 Å². The summed E-state index contributed by atoms with van der Waals surface area (Å²) in [6, 6.07) is 5.98. The first-order chi connectivity index (χ1) is 11.4. The van der Waals surface area contributed by atoms with Crippen LogP contribution in [0.15, 0.2) is 18.2 Å². The number of hydrogen-bond acceptors (Lipinski definition) is 2. The summed E-state index contributed by atoms with van der Waals surface area (Å²) in [7, 11) is 0. The number of nitrogens with two attached hydrogens (primary N) is 1. The number of carbonyl (C=O) groups is 2. The van der Waals surface area contributed by atoms with Crippen LogP contribution >= 0.6 is 0 Å². The van der Waals surface area contributed by atoms with Crippen LogP contribution in [0.25, 0.3) is 0 Å². The Hall–Kier alpha value is -2.04. The summed E-state index contributed by atoms with van der Waals surface area (Å²) in [5.74, 6) is 0.557. The fraction of sp³-hybridized carbons (Fsp3) is 0.579. The summed E-state index contributed by atoms with van der Waals surface area (Å²) >= 11 is 0. The van der Waals surface area contributed by atoms with Crippen molar-refractivity contribution in [1.82, 2.24) is 10.2 Å². The van der Waals surface area contributed by atoms with E-state index in [1.165, 1.54) is 16.7 Å². The zero-order valence-corrected chi connectivity index (χ0v) is 14.6. The molecule has 0 aromatic heterocycles. The lowest BCUT2D eigenvalue weighted by Gasteiger charge is -2.35. The third-order valence-electron chi connectivity index (χ3n) is 5.30. The molecule has 1 atom stereocenters.